The van der Waals surface area contributed by atoms with Gasteiger partial charge >= 0.3 is 5.97 Å². The van der Waals surface area contributed by atoms with Crippen LogP contribution in [0.3, 0.4) is 0 Å². The lowest BCUT2D eigenvalue weighted by Gasteiger charge is -2.44. The topological polar surface area (TPSA) is 93.5 Å². The Hall–Kier alpha value is -0.793. The Morgan fingerprint density at radius 3 is 2.57 bits per heavy atom. The molecule has 1 heterocycles. The van der Waals surface area contributed by atoms with Gasteiger partial charge in [0.2, 0.25) is 0 Å². The minimum absolute atomic E-state index is 0.0372. The van der Waals surface area contributed by atoms with Crippen LogP contribution in [0.1, 0.15) is 34.1 Å². The van der Waals surface area contributed by atoms with Crippen LogP contribution in [-0.4, -0.2) is 44.7 Å². The van der Waals surface area contributed by atoms with Gasteiger partial charge in [-0.3, -0.25) is 4.79 Å². The second-order valence-corrected chi connectivity index (χ2v) is 12.3. The smallest absolute Gasteiger partial charge is 0.321 e. The van der Waals surface area contributed by atoms with E-state index in [2.05, 4.69) is 43.9 Å². The number of alkyl halides is 1. The van der Waals surface area contributed by atoms with Crippen LogP contribution < -0.4 is 0 Å². The maximum Gasteiger partial charge on any atom is 0.321 e. The van der Waals surface area contributed by atoms with Crippen molar-refractivity contribution in [2.45, 2.75) is 76.8 Å². The molecule has 0 N–H and O–H groups in total. The second-order valence-electron chi connectivity index (χ2n) is 7.24. The molecule has 1 rings (SSSR count). The normalized spacial score (nSPS) is 28.8. The molecule has 0 aliphatic carbocycles. The molecule has 0 saturated carbocycles. The van der Waals surface area contributed by atoms with E-state index in [0.29, 0.717) is 6.42 Å². The minimum Gasteiger partial charge on any atom is -0.458 e. The molecule has 1 fully saturated rings. The lowest BCUT2D eigenvalue weighted by molar-refractivity contribution is -0.205. The molecule has 1 aliphatic rings. The molecule has 0 unspecified atom stereocenters. The first kappa shape index (κ1) is 20.3. The molecular weight excluding hydrogens is 338 g/mol. The molecule has 0 aromatic rings. The van der Waals surface area contributed by atoms with Crippen molar-refractivity contribution in [3.63, 3.8) is 0 Å². The van der Waals surface area contributed by atoms with Gasteiger partial charge in [0.1, 0.15) is 18.3 Å². The summed E-state index contributed by atoms with van der Waals surface area (Å²) in [5.41, 5.74) is 8.78. The Morgan fingerprint density at radius 1 is 1.48 bits per heavy atom. The molecular formula is C14H26ClN3O4Si. The summed E-state index contributed by atoms with van der Waals surface area (Å²) < 4.78 is 17.4. The average molecular weight is 364 g/mol. The number of hydrogen-bond acceptors (Lipinski definition) is 5. The lowest BCUT2D eigenvalue weighted by Crippen LogP contribution is -2.53. The molecule has 0 bridgehead atoms. The molecule has 0 aromatic carbocycles. The number of nitrogens with zero attached hydrogens (tertiary/aromatic N) is 3. The van der Waals surface area contributed by atoms with Crippen LogP contribution >= 0.6 is 11.6 Å². The Bertz CT molecular complexity index is 477. The molecule has 0 spiro atoms. The molecule has 0 aromatic heterocycles. The van der Waals surface area contributed by atoms with Crippen LogP contribution in [0.2, 0.25) is 18.1 Å². The van der Waals surface area contributed by atoms with Gasteiger partial charge < -0.3 is 13.9 Å². The highest BCUT2D eigenvalue weighted by atomic mass is 35.5. The molecule has 4 atom stereocenters. The quantitative estimate of drug-likeness (QED) is 0.184. The van der Waals surface area contributed by atoms with Gasteiger partial charge in [0, 0.05) is 11.3 Å². The third-order valence-electron chi connectivity index (χ3n) is 4.45. The minimum atomic E-state index is -2.02. The third kappa shape index (κ3) is 5.36. The standard InChI is InChI=1S/C14H26ClN3O4Si/c1-9-13(21-11(19)8-15)10(17-18-16)7-12(20-9)22-23(5,6)14(2,3)4/h9-10,12-13H,7-8H2,1-6H3/t9-,10-,12+,13-/m0/s1. The number of rotatable bonds is 5. The molecule has 9 heteroatoms. The van der Waals surface area contributed by atoms with E-state index in [1.165, 1.54) is 0 Å². The first-order chi connectivity index (χ1) is 10.5. The van der Waals surface area contributed by atoms with Crippen molar-refractivity contribution in [3.05, 3.63) is 10.4 Å². The Balaban J connectivity index is 2.87. The number of carbonyl (C=O) groups is 1. The third-order valence-corrected chi connectivity index (χ3v) is 9.13. The van der Waals surface area contributed by atoms with E-state index >= 15 is 0 Å². The number of carbonyl (C=O) groups excluding carboxylic acids is 1. The Kier molecular flexibility index (Phi) is 6.91. The predicted molar refractivity (Wildman–Crippen MR) is 90.8 cm³/mol. The van der Waals surface area contributed by atoms with E-state index < -0.39 is 38.8 Å². The molecule has 132 valence electrons. The van der Waals surface area contributed by atoms with Crippen LogP contribution in [-0.2, 0) is 18.7 Å². The average Bonchev–Trinajstić information content (AvgIpc) is 2.41. The zero-order chi connectivity index (χ0) is 17.8. The summed E-state index contributed by atoms with van der Waals surface area (Å²) in [4.78, 5) is 14.3. The highest BCUT2D eigenvalue weighted by molar-refractivity contribution is 6.74. The van der Waals surface area contributed by atoms with E-state index in [0.717, 1.165) is 0 Å². The van der Waals surface area contributed by atoms with Crippen molar-refractivity contribution in [2.24, 2.45) is 5.11 Å². The zero-order valence-electron chi connectivity index (χ0n) is 14.6. The van der Waals surface area contributed by atoms with Crippen molar-refractivity contribution in [3.8, 4) is 0 Å². The van der Waals surface area contributed by atoms with Gasteiger partial charge in [-0.25, -0.2) is 0 Å². The monoisotopic (exact) mass is 363 g/mol. The molecule has 7 nitrogen and oxygen atoms in total. The van der Waals surface area contributed by atoms with Crippen molar-refractivity contribution in [1.29, 1.82) is 0 Å². The maximum absolute atomic E-state index is 11.4. The number of esters is 1. The van der Waals surface area contributed by atoms with E-state index in [-0.39, 0.29) is 10.9 Å². The van der Waals surface area contributed by atoms with Gasteiger partial charge in [-0.1, -0.05) is 25.9 Å². The second kappa shape index (κ2) is 7.85. The Labute approximate surface area is 143 Å². The van der Waals surface area contributed by atoms with Gasteiger partial charge in [-0.2, -0.15) is 0 Å². The van der Waals surface area contributed by atoms with Crippen LogP contribution in [0.25, 0.3) is 10.4 Å². The molecule has 23 heavy (non-hydrogen) atoms. The maximum atomic E-state index is 11.4. The van der Waals surface area contributed by atoms with Crippen LogP contribution in [0.4, 0.5) is 0 Å². The fourth-order valence-corrected chi connectivity index (χ4v) is 3.36. The Morgan fingerprint density at radius 2 is 2.09 bits per heavy atom. The van der Waals surface area contributed by atoms with Crippen LogP contribution in [0.15, 0.2) is 5.11 Å². The molecule has 1 aliphatic heterocycles. The van der Waals surface area contributed by atoms with E-state index in [9.17, 15) is 4.79 Å². The molecule has 0 radical (unpaired) electrons. The molecule has 0 amide bonds. The largest absolute Gasteiger partial charge is 0.458 e. The SMILES string of the molecule is C[C@@H]1O[C@H](O[Si](C)(C)C(C)(C)C)C[C@H](N=[N+]=[N-])[C@H]1OC(=O)CCl. The highest BCUT2D eigenvalue weighted by Crippen LogP contribution is 2.39. The summed E-state index contributed by atoms with van der Waals surface area (Å²) in [5.74, 6) is -0.815. The van der Waals surface area contributed by atoms with Crippen molar-refractivity contribution in [1.82, 2.24) is 0 Å². The number of halogens is 1. The fraction of sp³-hybridized carbons (Fsp3) is 0.929. The van der Waals surface area contributed by atoms with Gasteiger partial charge in [0.25, 0.3) is 0 Å². The highest BCUT2D eigenvalue weighted by Gasteiger charge is 2.44. The summed E-state index contributed by atoms with van der Waals surface area (Å²) in [7, 11) is -2.02. The van der Waals surface area contributed by atoms with Gasteiger partial charge in [0.15, 0.2) is 8.32 Å². The predicted octanol–water partition coefficient (Wildman–Crippen LogP) is 3.97. The summed E-state index contributed by atoms with van der Waals surface area (Å²) in [6, 6.07) is -0.536. The van der Waals surface area contributed by atoms with Crippen molar-refractivity contribution < 1.29 is 18.7 Å². The number of azide groups is 1. The lowest BCUT2D eigenvalue weighted by atomic mass is 10.0. The van der Waals surface area contributed by atoms with Crippen molar-refractivity contribution in [2.75, 3.05) is 5.88 Å². The summed E-state index contributed by atoms with van der Waals surface area (Å²) in [6.45, 7) is 12.4. The van der Waals surface area contributed by atoms with Gasteiger partial charge in [0.05, 0.1) is 12.1 Å². The van der Waals surface area contributed by atoms with E-state index in [1.54, 1.807) is 6.92 Å². The van der Waals surface area contributed by atoms with E-state index in [1.807, 2.05) is 0 Å². The van der Waals surface area contributed by atoms with Gasteiger partial charge in [-0.05, 0) is 30.6 Å². The first-order valence-corrected chi connectivity index (χ1v) is 11.1. The number of hydrogen-bond donors (Lipinski definition) is 0. The molecule has 1 saturated heterocycles. The summed E-state index contributed by atoms with van der Waals surface area (Å²) in [6.07, 6.45) is -1.23. The summed E-state index contributed by atoms with van der Waals surface area (Å²) >= 11 is 5.47. The zero-order valence-corrected chi connectivity index (χ0v) is 16.3. The summed E-state index contributed by atoms with van der Waals surface area (Å²) in [5, 5.41) is 3.80. The number of ether oxygens (including phenoxy) is 2. The first-order valence-electron chi connectivity index (χ1n) is 7.64. The fourth-order valence-electron chi connectivity index (χ4n) is 2.13. The van der Waals surface area contributed by atoms with Crippen LogP contribution in [0, 0.1) is 0 Å². The van der Waals surface area contributed by atoms with Crippen LogP contribution in [0.5, 0.6) is 0 Å². The van der Waals surface area contributed by atoms with Crippen molar-refractivity contribution >= 4 is 25.9 Å². The van der Waals surface area contributed by atoms with E-state index in [4.69, 9.17) is 31.0 Å². The van der Waals surface area contributed by atoms with Gasteiger partial charge in [-0.15, -0.1) is 11.6 Å².